The van der Waals surface area contributed by atoms with Gasteiger partial charge in [-0.15, -0.1) is 5.10 Å². The lowest BCUT2D eigenvalue weighted by Crippen LogP contribution is -2.33. The van der Waals surface area contributed by atoms with Crippen LogP contribution in [0, 0.1) is 13.8 Å². The molecule has 0 bridgehead atoms. The molecular weight excluding hydrogens is 466 g/mol. The van der Waals surface area contributed by atoms with Crippen LogP contribution in [0.1, 0.15) is 42.8 Å². The second kappa shape index (κ2) is 9.63. The smallest absolute Gasteiger partial charge is 0.244 e. The Morgan fingerprint density at radius 1 is 1.11 bits per heavy atom. The first kappa shape index (κ1) is 23.3. The molecule has 1 saturated carbocycles. The number of nitrogens with one attached hydrogen (secondary N) is 1. The van der Waals surface area contributed by atoms with E-state index in [9.17, 15) is 8.42 Å². The number of benzene rings is 2. The number of rotatable bonds is 8. The van der Waals surface area contributed by atoms with E-state index in [0.717, 1.165) is 36.9 Å². The summed E-state index contributed by atoms with van der Waals surface area (Å²) in [6, 6.07) is 14.7. The molecule has 2 aromatic carbocycles. The van der Waals surface area contributed by atoms with Crippen molar-refractivity contribution in [1.82, 2.24) is 24.9 Å². The van der Waals surface area contributed by atoms with Gasteiger partial charge in [-0.2, -0.15) is 0 Å². The zero-order chi connectivity index (χ0) is 24.4. The van der Waals surface area contributed by atoms with Crippen LogP contribution >= 0.6 is 0 Å². The van der Waals surface area contributed by atoms with Gasteiger partial charge in [-0.1, -0.05) is 47.5 Å². The molecule has 1 fully saturated rings. The molecule has 1 aliphatic rings. The highest BCUT2D eigenvalue weighted by molar-refractivity contribution is 7.89. The van der Waals surface area contributed by atoms with E-state index in [1.165, 1.54) is 0 Å². The number of hydrogen-bond donors (Lipinski definition) is 1. The lowest BCUT2D eigenvalue weighted by atomic mass is 10.0. The van der Waals surface area contributed by atoms with Crippen molar-refractivity contribution < 1.29 is 17.7 Å². The molecule has 0 saturated heterocycles. The standard InChI is InChI=1S/C25H27N5O4S/c1-17-25(18(2)34-27-17)19-12-13-23(24(14-19)35(31,32)28-20-8-6-7-9-20)33-16-21-15-30(29-26-21)22-10-4-3-5-11-22/h3-5,10-15,20,28H,6-9,16H2,1-2H3. The summed E-state index contributed by atoms with van der Waals surface area (Å²) in [5, 5.41) is 12.3. The van der Waals surface area contributed by atoms with Gasteiger partial charge in [-0.25, -0.2) is 17.8 Å². The Balaban J connectivity index is 1.45. The van der Waals surface area contributed by atoms with Gasteiger partial charge in [0, 0.05) is 11.6 Å². The molecule has 9 nitrogen and oxygen atoms in total. The number of ether oxygens (including phenoxy) is 1. The van der Waals surface area contributed by atoms with E-state index in [2.05, 4.69) is 20.2 Å². The molecule has 0 atom stereocenters. The summed E-state index contributed by atoms with van der Waals surface area (Å²) in [6.07, 6.45) is 5.47. The maximum Gasteiger partial charge on any atom is 0.244 e. The van der Waals surface area contributed by atoms with Gasteiger partial charge in [0.05, 0.1) is 17.6 Å². The molecule has 1 aliphatic carbocycles. The third-order valence-electron chi connectivity index (χ3n) is 6.17. The molecule has 182 valence electrons. The fourth-order valence-electron chi connectivity index (χ4n) is 4.44. The monoisotopic (exact) mass is 493 g/mol. The third kappa shape index (κ3) is 4.98. The van der Waals surface area contributed by atoms with Crippen molar-refractivity contribution in [3.8, 4) is 22.6 Å². The van der Waals surface area contributed by atoms with E-state index in [0.29, 0.717) is 22.7 Å². The fraction of sp³-hybridized carbons (Fsp3) is 0.320. The summed E-state index contributed by atoms with van der Waals surface area (Å²) < 4.78 is 42.7. The maximum absolute atomic E-state index is 13.4. The lowest BCUT2D eigenvalue weighted by molar-refractivity contribution is 0.293. The van der Waals surface area contributed by atoms with Gasteiger partial charge in [0.15, 0.2) is 0 Å². The van der Waals surface area contributed by atoms with Crippen LogP contribution in [0.25, 0.3) is 16.8 Å². The molecule has 10 heteroatoms. The summed E-state index contributed by atoms with van der Waals surface area (Å²) >= 11 is 0. The van der Waals surface area contributed by atoms with E-state index < -0.39 is 10.0 Å². The van der Waals surface area contributed by atoms with Crippen molar-refractivity contribution in [1.29, 1.82) is 0 Å². The molecule has 35 heavy (non-hydrogen) atoms. The minimum absolute atomic E-state index is 0.0682. The quantitative estimate of drug-likeness (QED) is 0.389. The molecule has 0 amide bonds. The number of para-hydroxylation sites is 1. The number of nitrogens with zero attached hydrogens (tertiary/aromatic N) is 4. The van der Waals surface area contributed by atoms with E-state index in [1.54, 1.807) is 29.9 Å². The Morgan fingerprint density at radius 3 is 2.60 bits per heavy atom. The first-order valence-electron chi connectivity index (χ1n) is 11.6. The van der Waals surface area contributed by atoms with Crippen molar-refractivity contribution >= 4 is 10.0 Å². The number of hydrogen-bond acceptors (Lipinski definition) is 7. The first-order chi connectivity index (χ1) is 16.9. The largest absolute Gasteiger partial charge is 0.486 e. The minimum Gasteiger partial charge on any atom is -0.486 e. The van der Waals surface area contributed by atoms with Gasteiger partial charge >= 0.3 is 0 Å². The normalized spacial score (nSPS) is 14.5. The maximum atomic E-state index is 13.4. The van der Waals surface area contributed by atoms with Crippen LogP contribution in [-0.4, -0.2) is 34.6 Å². The van der Waals surface area contributed by atoms with Gasteiger partial charge in [-0.3, -0.25) is 0 Å². The molecule has 0 radical (unpaired) electrons. The number of sulfonamides is 1. The van der Waals surface area contributed by atoms with E-state index in [1.807, 2.05) is 43.3 Å². The van der Waals surface area contributed by atoms with Gasteiger partial charge < -0.3 is 9.26 Å². The van der Waals surface area contributed by atoms with Crippen molar-refractivity contribution in [2.75, 3.05) is 0 Å². The second-order valence-corrected chi connectivity index (χ2v) is 10.4. The second-order valence-electron chi connectivity index (χ2n) is 8.74. The zero-order valence-corrected chi connectivity index (χ0v) is 20.5. The number of aryl methyl sites for hydroxylation is 2. The van der Waals surface area contributed by atoms with Crippen LogP contribution in [-0.2, 0) is 16.6 Å². The summed E-state index contributed by atoms with van der Waals surface area (Å²) in [4.78, 5) is 0.0809. The van der Waals surface area contributed by atoms with Crippen molar-refractivity contribution in [3.05, 3.63) is 71.9 Å². The molecule has 0 aliphatic heterocycles. The molecule has 4 aromatic rings. The Kier molecular flexibility index (Phi) is 6.40. The highest BCUT2D eigenvalue weighted by Gasteiger charge is 2.27. The Hall–Kier alpha value is -3.50. The van der Waals surface area contributed by atoms with E-state index in [4.69, 9.17) is 9.26 Å². The Labute approximate surface area is 204 Å². The van der Waals surface area contributed by atoms with Crippen molar-refractivity contribution in [2.45, 2.75) is 57.1 Å². The van der Waals surface area contributed by atoms with E-state index in [-0.39, 0.29) is 23.3 Å². The van der Waals surface area contributed by atoms with Crippen LogP contribution in [0.2, 0.25) is 0 Å². The van der Waals surface area contributed by atoms with Crippen LogP contribution in [0.3, 0.4) is 0 Å². The average Bonchev–Trinajstić information content (AvgIpc) is 3.60. The third-order valence-corrected chi connectivity index (χ3v) is 7.71. The minimum atomic E-state index is -3.82. The highest BCUT2D eigenvalue weighted by Crippen LogP contribution is 2.34. The first-order valence-corrected chi connectivity index (χ1v) is 13.1. The summed E-state index contributed by atoms with van der Waals surface area (Å²) in [7, 11) is -3.82. The summed E-state index contributed by atoms with van der Waals surface area (Å²) in [5.74, 6) is 0.876. The molecule has 0 unspecified atom stereocenters. The fourth-order valence-corrected chi connectivity index (χ4v) is 5.91. The molecule has 2 heterocycles. The summed E-state index contributed by atoms with van der Waals surface area (Å²) in [5.41, 5.74) is 3.63. The van der Waals surface area contributed by atoms with Crippen LogP contribution in [0.15, 0.2) is 64.1 Å². The van der Waals surface area contributed by atoms with Crippen molar-refractivity contribution in [3.63, 3.8) is 0 Å². The SMILES string of the molecule is Cc1noc(C)c1-c1ccc(OCc2cn(-c3ccccc3)nn2)c(S(=O)(=O)NC2CCCC2)c1. The lowest BCUT2D eigenvalue weighted by Gasteiger charge is -2.16. The predicted molar refractivity (Wildman–Crippen MR) is 130 cm³/mol. The zero-order valence-electron chi connectivity index (χ0n) is 19.6. The number of aromatic nitrogens is 4. The Morgan fingerprint density at radius 2 is 1.89 bits per heavy atom. The Bertz CT molecular complexity index is 1400. The van der Waals surface area contributed by atoms with Gasteiger partial charge in [0.25, 0.3) is 0 Å². The van der Waals surface area contributed by atoms with Gasteiger partial charge in [0.1, 0.15) is 28.7 Å². The highest BCUT2D eigenvalue weighted by atomic mass is 32.2. The van der Waals surface area contributed by atoms with Crippen LogP contribution < -0.4 is 9.46 Å². The van der Waals surface area contributed by atoms with Gasteiger partial charge in [-0.05, 0) is 56.5 Å². The predicted octanol–water partition coefficient (Wildman–Crippen LogP) is 4.34. The molecule has 0 spiro atoms. The van der Waals surface area contributed by atoms with Crippen LogP contribution in [0.5, 0.6) is 5.75 Å². The molecule has 5 rings (SSSR count). The molecule has 2 aromatic heterocycles. The van der Waals surface area contributed by atoms with Crippen molar-refractivity contribution in [2.24, 2.45) is 0 Å². The molecular formula is C25H27N5O4S. The molecule has 1 N–H and O–H groups in total. The van der Waals surface area contributed by atoms with E-state index >= 15 is 0 Å². The summed E-state index contributed by atoms with van der Waals surface area (Å²) in [6.45, 7) is 3.71. The van der Waals surface area contributed by atoms with Gasteiger partial charge in [0.2, 0.25) is 10.0 Å². The average molecular weight is 494 g/mol. The van der Waals surface area contributed by atoms with Crippen LogP contribution in [0.4, 0.5) is 0 Å². The topological polar surface area (TPSA) is 112 Å².